The molecule has 0 aliphatic heterocycles. The molecule has 112 valence electrons. The van der Waals surface area contributed by atoms with Gasteiger partial charge in [-0.1, -0.05) is 31.0 Å². The topological polar surface area (TPSA) is 49.3 Å². The van der Waals surface area contributed by atoms with Gasteiger partial charge in [-0.3, -0.25) is 4.79 Å². The second kappa shape index (κ2) is 8.05. The van der Waals surface area contributed by atoms with Gasteiger partial charge in [-0.05, 0) is 50.7 Å². The third-order valence-corrected chi connectivity index (χ3v) is 3.38. The lowest BCUT2D eigenvalue weighted by molar-refractivity contribution is 0.0941. The first kappa shape index (κ1) is 16.7. The lowest BCUT2D eigenvalue weighted by atomic mass is 9.94. The molecule has 0 fully saturated rings. The van der Waals surface area contributed by atoms with Crippen LogP contribution in [0.4, 0.5) is 0 Å². The minimum Gasteiger partial charge on any atom is -0.396 e. The highest BCUT2D eigenvalue weighted by molar-refractivity contribution is 5.94. The number of aryl methyl sites for hydroxylation is 2. The summed E-state index contributed by atoms with van der Waals surface area (Å²) in [6.45, 7) is 9.13. The Bertz CT molecular complexity index is 420. The van der Waals surface area contributed by atoms with Crippen LogP contribution in [0.2, 0.25) is 0 Å². The smallest absolute Gasteiger partial charge is 0.251 e. The molecule has 0 saturated carbocycles. The first-order chi connectivity index (χ1) is 9.42. The number of carbonyl (C=O) groups is 1. The quantitative estimate of drug-likeness (QED) is 0.804. The van der Waals surface area contributed by atoms with Crippen molar-refractivity contribution in [2.75, 3.05) is 13.2 Å². The molecule has 2 N–H and O–H groups in total. The number of amides is 1. The molecule has 0 aliphatic carbocycles. The zero-order valence-electron chi connectivity index (χ0n) is 13.1. The molecule has 0 bridgehead atoms. The number of rotatable bonds is 7. The maximum absolute atomic E-state index is 12.2. The van der Waals surface area contributed by atoms with Gasteiger partial charge in [0.2, 0.25) is 0 Å². The number of carbonyl (C=O) groups excluding carboxylic acids is 1. The molecule has 0 spiro atoms. The van der Waals surface area contributed by atoms with Crippen molar-refractivity contribution in [2.45, 2.75) is 40.5 Å². The Labute approximate surface area is 122 Å². The van der Waals surface area contributed by atoms with Crippen LogP contribution in [-0.4, -0.2) is 24.2 Å². The van der Waals surface area contributed by atoms with Gasteiger partial charge in [0.05, 0.1) is 0 Å². The number of hydrogen-bond donors (Lipinski definition) is 2. The fourth-order valence-corrected chi connectivity index (χ4v) is 2.60. The van der Waals surface area contributed by atoms with Crippen molar-refractivity contribution in [1.29, 1.82) is 0 Å². The lowest BCUT2D eigenvalue weighted by Gasteiger charge is -2.18. The Morgan fingerprint density at radius 2 is 1.80 bits per heavy atom. The molecule has 1 unspecified atom stereocenters. The van der Waals surface area contributed by atoms with Crippen molar-refractivity contribution in [2.24, 2.45) is 11.8 Å². The van der Waals surface area contributed by atoms with Crippen LogP contribution in [0.3, 0.4) is 0 Å². The summed E-state index contributed by atoms with van der Waals surface area (Å²) in [6.07, 6.45) is 1.76. The Morgan fingerprint density at radius 3 is 2.30 bits per heavy atom. The largest absolute Gasteiger partial charge is 0.396 e. The van der Waals surface area contributed by atoms with Crippen molar-refractivity contribution >= 4 is 5.91 Å². The van der Waals surface area contributed by atoms with E-state index in [0.29, 0.717) is 18.4 Å². The Kier molecular flexibility index (Phi) is 6.73. The van der Waals surface area contributed by atoms with Gasteiger partial charge < -0.3 is 10.4 Å². The summed E-state index contributed by atoms with van der Waals surface area (Å²) in [4.78, 5) is 12.2. The van der Waals surface area contributed by atoms with E-state index >= 15 is 0 Å². The molecule has 0 radical (unpaired) electrons. The van der Waals surface area contributed by atoms with Crippen LogP contribution in [0.25, 0.3) is 0 Å². The third-order valence-electron chi connectivity index (χ3n) is 3.38. The van der Waals surface area contributed by atoms with Crippen molar-refractivity contribution in [3.05, 3.63) is 34.9 Å². The maximum Gasteiger partial charge on any atom is 0.251 e. The number of benzene rings is 1. The van der Waals surface area contributed by atoms with Crippen molar-refractivity contribution in [3.63, 3.8) is 0 Å². The van der Waals surface area contributed by atoms with Crippen molar-refractivity contribution in [1.82, 2.24) is 5.32 Å². The van der Waals surface area contributed by atoms with E-state index in [4.69, 9.17) is 5.11 Å². The zero-order valence-corrected chi connectivity index (χ0v) is 13.1. The first-order valence-corrected chi connectivity index (χ1v) is 7.39. The van der Waals surface area contributed by atoms with Crippen LogP contribution in [0.1, 0.15) is 48.2 Å². The fourth-order valence-electron chi connectivity index (χ4n) is 2.60. The molecule has 20 heavy (non-hydrogen) atoms. The van der Waals surface area contributed by atoms with E-state index in [2.05, 4.69) is 25.2 Å². The lowest BCUT2D eigenvalue weighted by Crippen LogP contribution is -2.30. The van der Waals surface area contributed by atoms with Gasteiger partial charge in [0.15, 0.2) is 0 Å². The molecule has 0 aliphatic rings. The van der Waals surface area contributed by atoms with Crippen LogP contribution < -0.4 is 5.32 Å². The molecule has 0 aromatic heterocycles. The van der Waals surface area contributed by atoms with E-state index in [9.17, 15) is 4.79 Å². The van der Waals surface area contributed by atoms with Crippen LogP contribution in [-0.2, 0) is 0 Å². The molecule has 0 heterocycles. The summed E-state index contributed by atoms with van der Waals surface area (Å²) >= 11 is 0. The van der Waals surface area contributed by atoms with Crippen molar-refractivity contribution in [3.8, 4) is 0 Å². The molecule has 0 saturated heterocycles. The fraction of sp³-hybridized carbons (Fsp3) is 0.588. The van der Waals surface area contributed by atoms with Crippen LogP contribution in [0.5, 0.6) is 0 Å². The Hall–Kier alpha value is -1.35. The van der Waals surface area contributed by atoms with E-state index in [-0.39, 0.29) is 12.5 Å². The highest BCUT2D eigenvalue weighted by atomic mass is 16.3. The minimum atomic E-state index is -0.0245. The monoisotopic (exact) mass is 277 g/mol. The van der Waals surface area contributed by atoms with E-state index in [1.165, 1.54) is 0 Å². The van der Waals surface area contributed by atoms with Crippen LogP contribution >= 0.6 is 0 Å². The summed E-state index contributed by atoms with van der Waals surface area (Å²) < 4.78 is 0. The predicted octanol–water partition coefficient (Wildman–Crippen LogP) is 3.08. The average Bonchev–Trinajstić information content (AvgIpc) is 2.34. The Balaban J connectivity index is 2.60. The first-order valence-electron chi connectivity index (χ1n) is 7.39. The van der Waals surface area contributed by atoms with Gasteiger partial charge in [0.1, 0.15) is 0 Å². The molecular weight excluding hydrogens is 250 g/mol. The average molecular weight is 277 g/mol. The molecule has 3 nitrogen and oxygen atoms in total. The Morgan fingerprint density at radius 1 is 1.20 bits per heavy atom. The summed E-state index contributed by atoms with van der Waals surface area (Å²) in [5.41, 5.74) is 2.92. The molecule has 1 rings (SSSR count). The van der Waals surface area contributed by atoms with Crippen molar-refractivity contribution < 1.29 is 9.90 Å². The second-order valence-electron chi connectivity index (χ2n) is 6.09. The summed E-state index contributed by atoms with van der Waals surface area (Å²) in [7, 11) is 0. The van der Waals surface area contributed by atoms with Gasteiger partial charge in [-0.25, -0.2) is 0 Å². The van der Waals surface area contributed by atoms with E-state index in [1.807, 2.05) is 26.0 Å². The third kappa shape index (κ3) is 5.74. The van der Waals surface area contributed by atoms with E-state index in [0.717, 1.165) is 29.5 Å². The SMILES string of the molecule is Cc1cc(C)cc(C(=O)NCC(CCO)CC(C)C)c1. The van der Waals surface area contributed by atoms with Crippen LogP contribution in [0, 0.1) is 25.7 Å². The molecule has 1 atom stereocenters. The molecule has 3 heteroatoms. The summed E-state index contributed by atoms with van der Waals surface area (Å²) in [5.74, 6) is 0.892. The summed E-state index contributed by atoms with van der Waals surface area (Å²) in [6, 6.07) is 5.88. The normalized spacial score (nSPS) is 12.5. The standard InChI is InChI=1S/C17H27NO2/c1-12(2)7-15(5-6-19)11-18-17(20)16-9-13(3)8-14(4)10-16/h8-10,12,15,19H,5-7,11H2,1-4H3,(H,18,20). The van der Waals surface area contributed by atoms with Gasteiger partial charge in [-0.2, -0.15) is 0 Å². The van der Waals surface area contributed by atoms with Crippen LogP contribution in [0.15, 0.2) is 18.2 Å². The summed E-state index contributed by atoms with van der Waals surface area (Å²) in [5, 5.41) is 12.1. The zero-order chi connectivity index (χ0) is 15.1. The number of aliphatic hydroxyl groups excluding tert-OH is 1. The van der Waals surface area contributed by atoms with E-state index < -0.39 is 0 Å². The predicted molar refractivity (Wildman–Crippen MR) is 82.9 cm³/mol. The van der Waals surface area contributed by atoms with Gasteiger partial charge in [-0.15, -0.1) is 0 Å². The number of hydrogen-bond acceptors (Lipinski definition) is 2. The molecule has 1 aromatic rings. The second-order valence-corrected chi connectivity index (χ2v) is 6.09. The molecular formula is C17H27NO2. The maximum atomic E-state index is 12.2. The number of nitrogens with one attached hydrogen (secondary N) is 1. The van der Waals surface area contributed by atoms with Gasteiger partial charge in [0.25, 0.3) is 5.91 Å². The van der Waals surface area contributed by atoms with E-state index in [1.54, 1.807) is 0 Å². The highest BCUT2D eigenvalue weighted by Crippen LogP contribution is 2.15. The van der Waals surface area contributed by atoms with Gasteiger partial charge >= 0.3 is 0 Å². The molecule has 1 amide bonds. The molecule has 1 aromatic carbocycles. The highest BCUT2D eigenvalue weighted by Gasteiger charge is 2.13. The number of aliphatic hydroxyl groups is 1. The van der Waals surface area contributed by atoms with Gasteiger partial charge in [0, 0.05) is 18.7 Å². The minimum absolute atomic E-state index is 0.0245.